The highest BCUT2D eigenvalue weighted by Crippen LogP contribution is 2.27. The maximum absolute atomic E-state index is 12.1. The van der Waals surface area contributed by atoms with Gasteiger partial charge in [-0.3, -0.25) is 0 Å². The van der Waals surface area contributed by atoms with Gasteiger partial charge in [0.2, 0.25) is 0 Å². The Hall–Kier alpha value is -1.55. The molecule has 2 aromatic rings. The van der Waals surface area contributed by atoms with Gasteiger partial charge < -0.3 is 15.0 Å². The first-order valence-corrected chi connectivity index (χ1v) is 5.75. The van der Waals surface area contributed by atoms with Crippen LogP contribution in [0.1, 0.15) is 5.56 Å². The van der Waals surface area contributed by atoms with E-state index in [-0.39, 0.29) is 6.67 Å². The number of likely N-dealkylation sites (N-methyl/N-ethyl adjacent to an activating group) is 1. The minimum absolute atomic E-state index is 0.298. The molecule has 1 aromatic carbocycles. The van der Waals surface area contributed by atoms with Crippen molar-refractivity contribution in [2.75, 3.05) is 26.8 Å². The van der Waals surface area contributed by atoms with Gasteiger partial charge in [0.25, 0.3) is 0 Å². The molecule has 0 saturated carbocycles. The molecule has 2 rings (SSSR count). The number of aromatic hydroxyl groups is 1. The molecule has 0 bridgehead atoms. The average Bonchev–Trinajstić information content (AvgIpc) is 2.71. The largest absolute Gasteiger partial charge is 0.507 e. The summed E-state index contributed by atoms with van der Waals surface area (Å²) in [5.41, 5.74) is 2.01. The van der Waals surface area contributed by atoms with E-state index in [2.05, 4.69) is 4.98 Å². The fourth-order valence-electron chi connectivity index (χ4n) is 2.00. The summed E-state index contributed by atoms with van der Waals surface area (Å²) in [6.45, 7) is 0.912. The molecule has 3 nitrogen and oxygen atoms in total. The molecule has 0 unspecified atom stereocenters. The predicted molar refractivity (Wildman–Crippen MR) is 67.1 cm³/mol. The third kappa shape index (κ3) is 2.58. The van der Waals surface area contributed by atoms with E-state index < -0.39 is 0 Å². The van der Waals surface area contributed by atoms with Gasteiger partial charge in [-0.25, -0.2) is 4.39 Å². The van der Waals surface area contributed by atoms with E-state index in [1.54, 1.807) is 6.07 Å². The van der Waals surface area contributed by atoms with Crippen molar-refractivity contribution < 1.29 is 9.50 Å². The van der Waals surface area contributed by atoms with Gasteiger partial charge in [0.05, 0.1) is 0 Å². The van der Waals surface area contributed by atoms with Gasteiger partial charge in [0, 0.05) is 30.2 Å². The van der Waals surface area contributed by atoms with Crippen LogP contribution in [0.15, 0.2) is 24.4 Å². The Morgan fingerprint density at radius 2 is 2.18 bits per heavy atom. The summed E-state index contributed by atoms with van der Waals surface area (Å²) >= 11 is 0. The summed E-state index contributed by atoms with van der Waals surface area (Å²) in [5, 5.41) is 10.7. The quantitative estimate of drug-likeness (QED) is 0.836. The summed E-state index contributed by atoms with van der Waals surface area (Å²) in [5.74, 6) is 0.298. The van der Waals surface area contributed by atoms with Crippen LogP contribution in [0, 0.1) is 0 Å². The molecule has 0 spiro atoms. The molecule has 0 saturated heterocycles. The van der Waals surface area contributed by atoms with E-state index in [9.17, 15) is 9.50 Å². The first-order valence-electron chi connectivity index (χ1n) is 5.75. The number of aromatic nitrogens is 1. The highest BCUT2D eigenvalue weighted by Gasteiger charge is 2.08. The number of aromatic amines is 1. The summed E-state index contributed by atoms with van der Waals surface area (Å²) < 4.78 is 12.1. The summed E-state index contributed by atoms with van der Waals surface area (Å²) in [6, 6.07) is 5.43. The van der Waals surface area contributed by atoms with E-state index in [0.29, 0.717) is 12.3 Å². The molecule has 0 aliphatic heterocycles. The second kappa shape index (κ2) is 5.19. The zero-order valence-electron chi connectivity index (χ0n) is 9.91. The number of hydrogen-bond donors (Lipinski definition) is 2. The van der Waals surface area contributed by atoms with Crippen molar-refractivity contribution in [2.45, 2.75) is 6.42 Å². The van der Waals surface area contributed by atoms with Crippen LogP contribution in [0.5, 0.6) is 5.75 Å². The van der Waals surface area contributed by atoms with Gasteiger partial charge in [-0.15, -0.1) is 0 Å². The maximum atomic E-state index is 12.1. The highest BCUT2D eigenvalue weighted by molar-refractivity contribution is 5.88. The van der Waals surface area contributed by atoms with Gasteiger partial charge in [-0.2, -0.15) is 0 Å². The number of halogens is 1. The molecule has 92 valence electrons. The molecule has 17 heavy (non-hydrogen) atoms. The lowest BCUT2D eigenvalue weighted by atomic mass is 10.1. The minimum atomic E-state index is -0.324. The Kier molecular flexibility index (Phi) is 3.64. The molecule has 4 heteroatoms. The van der Waals surface area contributed by atoms with Crippen molar-refractivity contribution >= 4 is 10.9 Å². The fourth-order valence-corrected chi connectivity index (χ4v) is 2.00. The number of nitrogens with one attached hydrogen (secondary N) is 1. The molecule has 0 aliphatic rings. The van der Waals surface area contributed by atoms with Gasteiger partial charge in [-0.05, 0) is 31.2 Å². The Morgan fingerprint density at radius 1 is 1.35 bits per heavy atom. The lowest BCUT2D eigenvalue weighted by Gasteiger charge is -2.13. The second-order valence-electron chi connectivity index (χ2n) is 4.26. The number of hydrogen-bond acceptors (Lipinski definition) is 2. The lowest BCUT2D eigenvalue weighted by Crippen LogP contribution is -2.23. The fraction of sp³-hybridized carbons (Fsp3) is 0.385. The first-order chi connectivity index (χ1) is 8.22. The van der Waals surface area contributed by atoms with Crippen LogP contribution in [0.3, 0.4) is 0 Å². The SMILES string of the molecule is CN(CCF)CCc1c[nH]c2cccc(O)c12. The molecule has 0 atom stereocenters. The van der Waals surface area contributed by atoms with Crippen molar-refractivity contribution in [2.24, 2.45) is 0 Å². The Balaban J connectivity index is 2.14. The van der Waals surface area contributed by atoms with Crippen molar-refractivity contribution in [1.82, 2.24) is 9.88 Å². The van der Waals surface area contributed by atoms with Crippen LogP contribution in [0.25, 0.3) is 10.9 Å². The predicted octanol–water partition coefficient (Wildman–Crippen LogP) is 2.32. The van der Waals surface area contributed by atoms with E-state index in [4.69, 9.17) is 0 Å². The maximum Gasteiger partial charge on any atom is 0.125 e. The molecule has 0 aliphatic carbocycles. The Bertz CT molecular complexity index is 495. The Morgan fingerprint density at radius 3 is 2.94 bits per heavy atom. The van der Waals surface area contributed by atoms with E-state index >= 15 is 0 Å². The normalized spacial score (nSPS) is 11.5. The van der Waals surface area contributed by atoms with Gasteiger partial charge in [0.15, 0.2) is 0 Å². The zero-order valence-corrected chi connectivity index (χ0v) is 9.91. The van der Waals surface area contributed by atoms with Crippen molar-refractivity contribution in [1.29, 1.82) is 0 Å². The molecule has 2 N–H and O–H groups in total. The standard InChI is InChI=1S/C13H17FN2O/c1-16(8-6-14)7-5-10-9-15-11-3-2-4-12(17)13(10)11/h2-4,9,15,17H,5-8H2,1H3. The van der Waals surface area contributed by atoms with Crippen LogP contribution in [-0.2, 0) is 6.42 Å². The van der Waals surface area contributed by atoms with Crippen molar-refractivity contribution in [3.8, 4) is 5.75 Å². The van der Waals surface area contributed by atoms with Gasteiger partial charge >= 0.3 is 0 Å². The van der Waals surface area contributed by atoms with Crippen LogP contribution in [-0.4, -0.2) is 41.8 Å². The molecule has 0 amide bonds. The Labute approximate surface area is 99.9 Å². The number of phenolic OH excluding ortho intramolecular Hbond substituents is 1. The molecular formula is C13H17FN2O. The summed E-state index contributed by atoms with van der Waals surface area (Å²) in [7, 11) is 1.90. The number of nitrogens with zero attached hydrogens (tertiary/aromatic N) is 1. The average molecular weight is 236 g/mol. The molecule has 0 radical (unpaired) electrons. The molecular weight excluding hydrogens is 219 g/mol. The third-order valence-electron chi connectivity index (χ3n) is 2.99. The van der Waals surface area contributed by atoms with Crippen LogP contribution in [0.2, 0.25) is 0 Å². The number of alkyl halides is 1. The van der Waals surface area contributed by atoms with Crippen molar-refractivity contribution in [3.05, 3.63) is 30.0 Å². The molecule has 1 aromatic heterocycles. The number of benzene rings is 1. The minimum Gasteiger partial charge on any atom is -0.507 e. The number of rotatable bonds is 5. The third-order valence-corrected chi connectivity index (χ3v) is 2.99. The highest BCUT2D eigenvalue weighted by atomic mass is 19.1. The van der Waals surface area contributed by atoms with E-state index in [1.807, 2.05) is 30.3 Å². The molecule has 0 fully saturated rings. The first kappa shape index (κ1) is 11.9. The molecule has 1 heterocycles. The summed E-state index contributed by atoms with van der Waals surface area (Å²) in [6.07, 6.45) is 2.71. The smallest absolute Gasteiger partial charge is 0.125 e. The monoisotopic (exact) mass is 236 g/mol. The number of phenols is 1. The zero-order chi connectivity index (χ0) is 12.3. The second-order valence-corrected chi connectivity index (χ2v) is 4.26. The lowest BCUT2D eigenvalue weighted by molar-refractivity contribution is 0.298. The van der Waals surface area contributed by atoms with Crippen LogP contribution in [0.4, 0.5) is 4.39 Å². The van der Waals surface area contributed by atoms with E-state index in [0.717, 1.165) is 29.4 Å². The van der Waals surface area contributed by atoms with Crippen molar-refractivity contribution in [3.63, 3.8) is 0 Å². The summed E-state index contributed by atoms with van der Waals surface area (Å²) in [4.78, 5) is 5.08. The van der Waals surface area contributed by atoms with Crippen LogP contribution < -0.4 is 0 Å². The van der Waals surface area contributed by atoms with Gasteiger partial charge in [0.1, 0.15) is 12.4 Å². The van der Waals surface area contributed by atoms with Crippen LogP contribution >= 0.6 is 0 Å². The van der Waals surface area contributed by atoms with Gasteiger partial charge in [-0.1, -0.05) is 6.07 Å². The number of H-pyrrole nitrogens is 1. The van der Waals surface area contributed by atoms with E-state index in [1.165, 1.54) is 0 Å². The topological polar surface area (TPSA) is 39.3 Å². The number of fused-ring (bicyclic) bond motifs is 1.